The number of anilines is 1. The highest BCUT2D eigenvalue weighted by atomic mass is 35.5. The van der Waals surface area contributed by atoms with Crippen molar-refractivity contribution < 1.29 is 19.1 Å². The fraction of sp³-hybridized carbons (Fsp3) is 0.364. The SMILES string of the molecule is CCn1c(COc2ccc(Cl)c(C)c2)nnc1SCC(=O)Nc1sc(C)c(C)c1C(=O)OC. The second kappa shape index (κ2) is 11.0. The van der Waals surface area contributed by atoms with Gasteiger partial charge in [-0.3, -0.25) is 4.79 Å². The fourth-order valence-electron chi connectivity index (χ4n) is 3.06. The minimum Gasteiger partial charge on any atom is -0.486 e. The van der Waals surface area contributed by atoms with E-state index in [9.17, 15) is 9.59 Å². The van der Waals surface area contributed by atoms with Crippen LogP contribution in [0.4, 0.5) is 5.00 Å². The number of rotatable bonds is 9. The van der Waals surface area contributed by atoms with Gasteiger partial charge in [-0.25, -0.2) is 4.79 Å². The summed E-state index contributed by atoms with van der Waals surface area (Å²) in [6.45, 7) is 8.49. The lowest BCUT2D eigenvalue weighted by Gasteiger charge is -2.10. The van der Waals surface area contributed by atoms with Crippen molar-refractivity contribution in [3.05, 3.63) is 50.6 Å². The zero-order valence-electron chi connectivity index (χ0n) is 19.0. The lowest BCUT2D eigenvalue weighted by Crippen LogP contribution is -2.16. The van der Waals surface area contributed by atoms with E-state index >= 15 is 0 Å². The highest BCUT2D eigenvalue weighted by molar-refractivity contribution is 7.99. The summed E-state index contributed by atoms with van der Waals surface area (Å²) in [6, 6.07) is 5.46. The molecule has 0 unspecified atom stereocenters. The Bertz CT molecular complexity index is 1180. The maximum Gasteiger partial charge on any atom is 0.341 e. The lowest BCUT2D eigenvalue weighted by atomic mass is 10.1. The Hall–Kier alpha value is -2.56. The Labute approximate surface area is 205 Å². The van der Waals surface area contributed by atoms with E-state index in [-0.39, 0.29) is 18.3 Å². The number of thiophene rings is 1. The maximum atomic E-state index is 12.6. The number of ether oxygens (including phenoxy) is 2. The monoisotopic (exact) mass is 508 g/mol. The van der Waals surface area contributed by atoms with Gasteiger partial charge in [0.2, 0.25) is 5.91 Å². The molecule has 3 rings (SSSR count). The van der Waals surface area contributed by atoms with E-state index < -0.39 is 5.97 Å². The van der Waals surface area contributed by atoms with E-state index in [1.807, 2.05) is 38.3 Å². The van der Waals surface area contributed by atoms with Crippen molar-refractivity contribution in [3.63, 3.8) is 0 Å². The number of methoxy groups -OCH3 is 1. The van der Waals surface area contributed by atoms with Crippen LogP contribution in [0.5, 0.6) is 5.75 Å². The molecule has 1 N–H and O–H groups in total. The number of halogens is 1. The van der Waals surface area contributed by atoms with E-state index in [2.05, 4.69) is 15.5 Å². The van der Waals surface area contributed by atoms with Gasteiger partial charge in [0.05, 0.1) is 18.4 Å². The number of aromatic nitrogens is 3. The van der Waals surface area contributed by atoms with Crippen molar-refractivity contribution in [1.29, 1.82) is 0 Å². The van der Waals surface area contributed by atoms with Crippen LogP contribution < -0.4 is 10.1 Å². The van der Waals surface area contributed by atoms with Gasteiger partial charge in [-0.15, -0.1) is 21.5 Å². The number of aryl methyl sites for hydroxylation is 2. The third-order valence-electron chi connectivity index (χ3n) is 4.97. The van der Waals surface area contributed by atoms with Crippen molar-refractivity contribution in [1.82, 2.24) is 14.8 Å². The number of esters is 1. The first-order valence-corrected chi connectivity index (χ1v) is 12.3. The summed E-state index contributed by atoms with van der Waals surface area (Å²) in [6.07, 6.45) is 0. The largest absolute Gasteiger partial charge is 0.486 e. The Morgan fingerprint density at radius 1 is 1.24 bits per heavy atom. The zero-order valence-corrected chi connectivity index (χ0v) is 21.4. The quantitative estimate of drug-likeness (QED) is 0.319. The molecule has 8 nitrogen and oxygen atoms in total. The summed E-state index contributed by atoms with van der Waals surface area (Å²) >= 11 is 8.68. The number of hydrogen-bond acceptors (Lipinski definition) is 8. The average Bonchev–Trinajstić information content (AvgIpc) is 3.31. The van der Waals surface area contributed by atoms with Crippen molar-refractivity contribution >= 4 is 51.6 Å². The van der Waals surface area contributed by atoms with Crippen LogP contribution in [0.2, 0.25) is 5.02 Å². The highest BCUT2D eigenvalue weighted by Crippen LogP contribution is 2.33. The summed E-state index contributed by atoms with van der Waals surface area (Å²) in [5.74, 6) is 0.758. The number of carbonyl (C=O) groups excluding carboxylic acids is 2. The molecule has 0 radical (unpaired) electrons. The molecule has 2 aromatic heterocycles. The summed E-state index contributed by atoms with van der Waals surface area (Å²) < 4.78 is 12.6. The highest BCUT2D eigenvalue weighted by Gasteiger charge is 2.22. The number of amides is 1. The molecular formula is C22H25ClN4O4S2. The second-order valence-electron chi connectivity index (χ2n) is 7.16. The van der Waals surface area contributed by atoms with Gasteiger partial charge in [0.25, 0.3) is 0 Å². The van der Waals surface area contributed by atoms with Crippen LogP contribution in [0.25, 0.3) is 0 Å². The minimum absolute atomic E-state index is 0.117. The predicted octanol–water partition coefficient (Wildman–Crippen LogP) is 5.03. The van der Waals surface area contributed by atoms with E-state index in [4.69, 9.17) is 21.1 Å². The first-order chi connectivity index (χ1) is 15.7. The Morgan fingerprint density at radius 3 is 2.67 bits per heavy atom. The van der Waals surface area contributed by atoms with E-state index in [0.29, 0.717) is 38.9 Å². The third-order valence-corrected chi connectivity index (χ3v) is 7.48. The van der Waals surface area contributed by atoms with Gasteiger partial charge in [-0.1, -0.05) is 23.4 Å². The standard InChI is InChI=1S/C22H25ClN4O4S2/c1-6-27-17(10-31-15-7-8-16(23)12(2)9-15)25-26-22(27)32-11-18(28)24-20-19(21(29)30-5)13(3)14(4)33-20/h7-9H,6,10-11H2,1-5H3,(H,24,28). The van der Waals surface area contributed by atoms with Crippen molar-refractivity contribution in [2.24, 2.45) is 0 Å². The van der Waals surface area contributed by atoms with E-state index in [0.717, 1.165) is 16.0 Å². The van der Waals surface area contributed by atoms with Gasteiger partial charge in [0, 0.05) is 16.4 Å². The van der Waals surface area contributed by atoms with Crippen LogP contribution in [0.1, 0.15) is 39.1 Å². The van der Waals surface area contributed by atoms with E-state index in [1.165, 1.54) is 30.2 Å². The van der Waals surface area contributed by atoms with Gasteiger partial charge < -0.3 is 19.4 Å². The minimum atomic E-state index is -0.467. The Kier molecular flexibility index (Phi) is 8.39. The third kappa shape index (κ3) is 5.87. The van der Waals surface area contributed by atoms with Gasteiger partial charge in [-0.2, -0.15) is 0 Å². The lowest BCUT2D eigenvalue weighted by molar-refractivity contribution is -0.113. The first-order valence-electron chi connectivity index (χ1n) is 10.2. The van der Waals surface area contributed by atoms with Gasteiger partial charge in [0.1, 0.15) is 17.4 Å². The molecule has 0 spiro atoms. The molecule has 0 bridgehead atoms. The van der Waals surface area contributed by atoms with Crippen LogP contribution in [-0.4, -0.2) is 39.5 Å². The molecule has 2 heterocycles. The smallest absolute Gasteiger partial charge is 0.341 e. The first kappa shape index (κ1) is 25.1. The molecule has 0 aliphatic heterocycles. The topological polar surface area (TPSA) is 95.3 Å². The van der Waals surface area contributed by atoms with E-state index in [1.54, 1.807) is 12.1 Å². The molecule has 0 saturated carbocycles. The normalized spacial score (nSPS) is 10.8. The molecule has 33 heavy (non-hydrogen) atoms. The van der Waals surface area contributed by atoms with Crippen LogP contribution in [-0.2, 0) is 22.7 Å². The Balaban J connectivity index is 1.63. The summed E-state index contributed by atoms with van der Waals surface area (Å²) in [4.78, 5) is 25.6. The molecule has 0 atom stereocenters. The van der Waals surface area contributed by atoms with Crippen LogP contribution >= 0.6 is 34.7 Å². The molecule has 1 aromatic carbocycles. The van der Waals surface area contributed by atoms with Gasteiger partial charge >= 0.3 is 5.97 Å². The van der Waals surface area contributed by atoms with Crippen LogP contribution in [0, 0.1) is 20.8 Å². The summed E-state index contributed by atoms with van der Waals surface area (Å²) in [5, 5.41) is 13.0. The molecule has 0 aliphatic carbocycles. The fourth-order valence-corrected chi connectivity index (χ4v) is 5.06. The summed E-state index contributed by atoms with van der Waals surface area (Å²) in [7, 11) is 1.32. The number of nitrogens with zero attached hydrogens (tertiary/aromatic N) is 3. The number of hydrogen-bond donors (Lipinski definition) is 1. The van der Waals surface area contributed by atoms with Crippen molar-refractivity contribution in [2.45, 2.75) is 46.0 Å². The molecule has 0 saturated heterocycles. The van der Waals surface area contributed by atoms with Crippen LogP contribution in [0.3, 0.4) is 0 Å². The molecule has 3 aromatic rings. The van der Waals surface area contributed by atoms with Crippen molar-refractivity contribution in [2.75, 3.05) is 18.2 Å². The Morgan fingerprint density at radius 2 is 2.00 bits per heavy atom. The molecular weight excluding hydrogens is 484 g/mol. The summed E-state index contributed by atoms with van der Waals surface area (Å²) in [5.41, 5.74) is 2.13. The molecule has 0 fully saturated rings. The average molecular weight is 509 g/mol. The van der Waals surface area contributed by atoms with Crippen LogP contribution in [0.15, 0.2) is 23.4 Å². The molecule has 1 amide bonds. The molecule has 11 heteroatoms. The zero-order chi connectivity index (χ0) is 24.1. The maximum absolute atomic E-state index is 12.6. The number of carbonyl (C=O) groups is 2. The molecule has 0 aliphatic rings. The predicted molar refractivity (Wildman–Crippen MR) is 131 cm³/mol. The van der Waals surface area contributed by atoms with Crippen molar-refractivity contribution in [3.8, 4) is 5.75 Å². The number of benzene rings is 1. The number of nitrogens with one attached hydrogen (secondary N) is 1. The second-order valence-corrected chi connectivity index (χ2v) is 9.73. The van der Waals surface area contributed by atoms with Gasteiger partial charge in [-0.05, 0) is 57.0 Å². The molecule has 176 valence electrons. The van der Waals surface area contributed by atoms with Gasteiger partial charge in [0.15, 0.2) is 11.0 Å². The number of thioether (sulfide) groups is 1.